The minimum absolute atomic E-state index is 0.150. The quantitative estimate of drug-likeness (QED) is 0.872. The molecule has 5 heteroatoms. The Morgan fingerprint density at radius 2 is 2.00 bits per heavy atom. The van der Waals surface area contributed by atoms with Gasteiger partial charge in [0.2, 0.25) is 0 Å². The highest BCUT2D eigenvalue weighted by molar-refractivity contribution is 5.57. The van der Waals surface area contributed by atoms with E-state index in [0.717, 1.165) is 19.3 Å². The number of hydrogen-bond donors (Lipinski definition) is 1. The first-order chi connectivity index (χ1) is 9.28. The highest BCUT2D eigenvalue weighted by Crippen LogP contribution is 2.40. The average molecular weight is 287 g/mol. The van der Waals surface area contributed by atoms with Crippen LogP contribution in [0.25, 0.3) is 0 Å². The molecule has 0 bridgehead atoms. The van der Waals surface area contributed by atoms with Crippen molar-refractivity contribution in [1.29, 1.82) is 0 Å². The molecule has 1 aliphatic rings. The van der Waals surface area contributed by atoms with Crippen LogP contribution in [-0.2, 0) is 0 Å². The number of para-hydroxylation sites is 2. The van der Waals surface area contributed by atoms with Crippen molar-refractivity contribution in [1.82, 2.24) is 0 Å². The average Bonchev–Trinajstić information content (AvgIpc) is 2.67. The topological polar surface area (TPSA) is 21.3 Å². The Balaban J connectivity index is 2.08. The maximum Gasteiger partial charge on any atom is 0.422 e. The Morgan fingerprint density at radius 1 is 1.30 bits per heavy atom. The predicted molar refractivity (Wildman–Crippen MR) is 73.0 cm³/mol. The summed E-state index contributed by atoms with van der Waals surface area (Å²) in [5.74, 6) is 0.257. The van der Waals surface area contributed by atoms with Crippen molar-refractivity contribution in [2.75, 3.05) is 11.9 Å². The standard InChI is InChI=1S/C15H20F3NO/c1-14(2)9-5-8-13(14)19-11-6-3-4-7-12(11)20-10-15(16,17)18/h3-4,6-7,13,19H,5,8-10H2,1-2H3. The Bertz CT molecular complexity index is 457. The lowest BCUT2D eigenvalue weighted by molar-refractivity contribution is -0.153. The molecular formula is C15H20F3NO. The highest BCUT2D eigenvalue weighted by Gasteiger charge is 2.35. The first kappa shape index (κ1) is 15.0. The number of hydrogen-bond acceptors (Lipinski definition) is 2. The third kappa shape index (κ3) is 3.81. The largest absolute Gasteiger partial charge is 0.482 e. The molecule has 0 heterocycles. The molecule has 0 radical (unpaired) electrons. The molecule has 1 fully saturated rings. The number of ether oxygens (including phenoxy) is 1. The molecule has 0 aromatic heterocycles. The van der Waals surface area contributed by atoms with Gasteiger partial charge in [0, 0.05) is 6.04 Å². The maximum absolute atomic E-state index is 12.3. The van der Waals surface area contributed by atoms with Crippen LogP contribution in [0.3, 0.4) is 0 Å². The van der Waals surface area contributed by atoms with Crippen molar-refractivity contribution < 1.29 is 17.9 Å². The third-order valence-corrected chi connectivity index (χ3v) is 3.87. The van der Waals surface area contributed by atoms with Crippen LogP contribution < -0.4 is 10.1 Å². The molecule has 20 heavy (non-hydrogen) atoms. The van der Waals surface area contributed by atoms with Crippen molar-refractivity contribution in [2.24, 2.45) is 5.41 Å². The summed E-state index contributed by atoms with van der Waals surface area (Å²) in [6, 6.07) is 7.07. The smallest absolute Gasteiger partial charge is 0.422 e. The monoisotopic (exact) mass is 287 g/mol. The van der Waals surface area contributed by atoms with Gasteiger partial charge in [0.25, 0.3) is 0 Å². The molecule has 0 spiro atoms. The summed E-state index contributed by atoms with van der Waals surface area (Å²) in [4.78, 5) is 0. The molecule has 1 aromatic carbocycles. The summed E-state index contributed by atoms with van der Waals surface area (Å²) in [7, 11) is 0. The number of nitrogens with one attached hydrogen (secondary N) is 1. The van der Waals surface area contributed by atoms with Crippen LogP contribution >= 0.6 is 0 Å². The van der Waals surface area contributed by atoms with E-state index in [1.807, 2.05) is 0 Å². The van der Waals surface area contributed by atoms with E-state index < -0.39 is 12.8 Å². The molecule has 1 N–H and O–H groups in total. The molecule has 112 valence electrons. The first-order valence-corrected chi connectivity index (χ1v) is 6.83. The fourth-order valence-corrected chi connectivity index (χ4v) is 2.65. The Hall–Kier alpha value is -1.39. The van der Waals surface area contributed by atoms with Gasteiger partial charge in [0.15, 0.2) is 6.61 Å². The zero-order valence-electron chi connectivity index (χ0n) is 11.8. The highest BCUT2D eigenvalue weighted by atomic mass is 19.4. The van der Waals surface area contributed by atoms with E-state index in [0.29, 0.717) is 5.69 Å². The van der Waals surface area contributed by atoms with Crippen molar-refractivity contribution >= 4 is 5.69 Å². The van der Waals surface area contributed by atoms with Gasteiger partial charge in [-0.2, -0.15) is 13.2 Å². The minimum atomic E-state index is -4.32. The zero-order chi connectivity index (χ0) is 14.8. The third-order valence-electron chi connectivity index (χ3n) is 3.87. The van der Waals surface area contributed by atoms with E-state index >= 15 is 0 Å². The van der Waals surface area contributed by atoms with Gasteiger partial charge in [-0.1, -0.05) is 32.4 Å². The molecule has 1 saturated carbocycles. The second kappa shape index (κ2) is 5.54. The fraction of sp³-hybridized carbons (Fsp3) is 0.600. The van der Waals surface area contributed by atoms with Crippen molar-refractivity contribution in [3.05, 3.63) is 24.3 Å². The van der Waals surface area contributed by atoms with Crippen LogP contribution in [-0.4, -0.2) is 18.8 Å². The van der Waals surface area contributed by atoms with E-state index in [2.05, 4.69) is 19.2 Å². The number of halogens is 3. The summed E-state index contributed by atoms with van der Waals surface area (Å²) in [6.45, 7) is 3.09. The van der Waals surface area contributed by atoms with E-state index in [9.17, 15) is 13.2 Å². The van der Waals surface area contributed by atoms with Crippen molar-refractivity contribution in [3.63, 3.8) is 0 Å². The van der Waals surface area contributed by atoms with Crippen LogP contribution in [0.1, 0.15) is 33.1 Å². The van der Waals surface area contributed by atoms with Crippen LogP contribution in [0.2, 0.25) is 0 Å². The summed E-state index contributed by atoms with van der Waals surface area (Å²) < 4.78 is 41.7. The lowest BCUT2D eigenvalue weighted by Gasteiger charge is -2.29. The van der Waals surface area contributed by atoms with E-state index in [1.165, 1.54) is 0 Å². The summed E-state index contributed by atoms with van der Waals surface area (Å²) >= 11 is 0. The van der Waals surface area contributed by atoms with Gasteiger partial charge < -0.3 is 10.1 Å². The molecule has 1 aromatic rings. The Morgan fingerprint density at radius 3 is 2.60 bits per heavy atom. The molecule has 0 aliphatic heterocycles. The van der Waals surface area contributed by atoms with Crippen molar-refractivity contribution in [3.8, 4) is 5.75 Å². The van der Waals surface area contributed by atoms with E-state index in [1.54, 1.807) is 24.3 Å². The second-order valence-corrected chi connectivity index (χ2v) is 5.98. The molecule has 0 amide bonds. The molecule has 2 nitrogen and oxygen atoms in total. The van der Waals surface area contributed by atoms with Crippen LogP contribution in [0.15, 0.2) is 24.3 Å². The van der Waals surface area contributed by atoms with E-state index in [-0.39, 0.29) is 17.2 Å². The van der Waals surface area contributed by atoms with Gasteiger partial charge in [-0.05, 0) is 30.4 Å². The summed E-state index contributed by atoms with van der Waals surface area (Å²) in [5, 5.41) is 3.34. The number of rotatable bonds is 4. The zero-order valence-corrected chi connectivity index (χ0v) is 11.8. The van der Waals surface area contributed by atoms with Gasteiger partial charge in [-0.15, -0.1) is 0 Å². The first-order valence-electron chi connectivity index (χ1n) is 6.83. The molecule has 2 rings (SSSR count). The lowest BCUT2D eigenvalue weighted by atomic mass is 9.87. The summed E-state index contributed by atoms with van der Waals surface area (Å²) in [5.41, 5.74) is 0.786. The molecule has 1 atom stereocenters. The number of alkyl halides is 3. The Kier molecular flexibility index (Phi) is 4.16. The molecular weight excluding hydrogens is 267 g/mol. The summed E-state index contributed by atoms with van der Waals surface area (Å²) in [6.07, 6.45) is -1.03. The molecule has 1 aliphatic carbocycles. The fourth-order valence-electron chi connectivity index (χ4n) is 2.65. The number of benzene rings is 1. The van der Waals surface area contributed by atoms with Gasteiger partial charge >= 0.3 is 6.18 Å². The Labute approximate surface area is 117 Å². The SMILES string of the molecule is CC1(C)CCCC1Nc1ccccc1OCC(F)(F)F. The van der Waals surface area contributed by atoms with Gasteiger partial charge in [-0.25, -0.2) is 0 Å². The van der Waals surface area contributed by atoms with Crippen LogP contribution in [0.4, 0.5) is 18.9 Å². The number of anilines is 1. The normalized spacial score (nSPS) is 21.8. The minimum Gasteiger partial charge on any atom is -0.482 e. The van der Waals surface area contributed by atoms with E-state index in [4.69, 9.17) is 4.74 Å². The van der Waals surface area contributed by atoms with Crippen molar-refractivity contribution in [2.45, 2.75) is 45.3 Å². The van der Waals surface area contributed by atoms with Gasteiger partial charge in [0.05, 0.1) is 5.69 Å². The predicted octanol–water partition coefficient (Wildman–Crippen LogP) is 4.62. The van der Waals surface area contributed by atoms with Gasteiger partial charge in [-0.3, -0.25) is 0 Å². The molecule has 0 saturated heterocycles. The molecule has 1 unspecified atom stereocenters. The lowest BCUT2D eigenvalue weighted by Crippen LogP contribution is -2.31. The van der Waals surface area contributed by atoms with Crippen LogP contribution in [0.5, 0.6) is 5.75 Å². The second-order valence-electron chi connectivity index (χ2n) is 5.98. The maximum atomic E-state index is 12.3. The van der Waals surface area contributed by atoms with Gasteiger partial charge in [0.1, 0.15) is 5.75 Å². The van der Waals surface area contributed by atoms with Crippen LogP contribution in [0, 0.1) is 5.41 Å².